The van der Waals surface area contributed by atoms with Crippen LogP contribution in [-0.2, 0) is 10.0 Å². The largest absolute Gasteiger partial charge is 0.495 e. The lowest BCUT2D eigenvalue weighted by Gasteiger charge is -2.14. The van der Waals surface area contributed by atoms with E-state index < -0.39 is 16.1 Å². The van der Waals surface area contributed by atoms with Gasteiger partial charge in [0.1, 0.15) is 16.4 Å². The normalized spacial score (nSPS) is 13.0. The van der Waals surface area contributed by atoms with Gasteiger partial charge in [0.25, 0.3) is 0 Å². The Hall–Kier alpha value is -1.51. The standard InChI is InChI=1S/C12H20N2O5S/c1-8(15)4-5-14-20(16,17)12-6-9(13)10(18-2)7-11(12)19-3/h6-8,14-15H,4-5,13H2,1-3H3. The van der Waals surface area contributed by atoms with E-state index in [0.29, 0.717) is 12.2 Å². The number of anilines is 1. The summed E-state index contributed by atoms with van der Waals surface area (Å²) in [5.41, 5.74) is 5.91. The van der Waals surface area contributed by atoms with Crippen molar-refractivity contribution in [2.24, 2.45) is 0 Å². The van der Waals surface area contributed by atoms with Gasteiger partial charge in [0, 0.05) is 12.6 Å². The third-order valence-electron chi connectivity index (χ3n) is 2.66. The Kier molecular flexibility index (Phi) is 5.61. The van der Waals surface area contributed by atoms with Crippen LogP contribution in [0, 0.1) is 0 Å². The lowest BCUT2D eigenvalue weighted by atomic mass is 10.3. The van der Waals surface area contributed by atoms with Gasteiger partial charge in [0.2, 0.25) is 10.0 Å². The number of methoxy groups -OCH3 is 2. The molecule has 4 N–H and O–H groups in total. The second-order valence-electron chi connectivity index (χ2n) is 4.28. The lowest BCUT2D eigenvalue weighted by Crippen LogP contribution is -2.27. The number of nitrogens with one attached hydrogen (secondary N) is 1. The van der Waals surface area contributed by atoms with Gasteiger partial charge < -0.3 is 20.3 Å². The van der Waals surface area contributed by atoms with Crippen LogP contribution in [0.5, 0.6) is 11.5 Å². The minimum Gasteiger partial charge on any atom is -0.495 e. The molecule has 0 spiro atoms. The molecule has 7 nitrogen and oxygen atoms in total. The molecule has 1 aromatic rings. The Bertz CT molecular complexity index is 557. The second kappa shape index (κ2) is 6.78. The molecule has 0 saturated carbocycles. The highest BCUT2D eigenvalue weighted by Crippen LogP contribution is 2.33. The minimum atomic E-state index is -3.77. The second-order valence-corrected chi connectivity index (χ2v) is 6.02. The zero-order valence-electron chi connectivity index (χ0n) is 11.7. The maximum atomic E-state index is 12.2. The summed E-state index contributed by atoms with van der Waals surface area (Å²) in [6.45, 7) is 1.70. The van der Waals surface area contributed by atoms with Crippen molar-refractivity contribution in [1.29, 1.82) is 0 Å². The average Bonchev–Trinajstić information content (AvgIpc) is 2.37. The van der Waals surface area contributed by atoms with Gasteiger partial charge in [-0.1, -0.05) is 0 Å². The molecule has 1 atom stereocenters. The van der Waals surface area contributed by atoms with Gasteiger partial charge in [-0.25, -0.2) is 13.1 Å². The summed E-state index contributed by atoms with van der Waals surface area (Å²) >= 11 is 0. The van der Waals surface area contributed by atoms with Gasteiger partial charge in [0.15, 0.2) is 0 Å². The fourth-order valence-corrected chi connectivity index (χ4v) is 2.81. The van der Waals surface area contributed by atoms with Crippen LogP contribution in [-0.4, -0.2) is 40.4 Å². The van der Waals surface area contributed by atoms with Gasteiger partial charge in [0.05, 0.1) is 26.0 Å². The van der Waals surface area contributed by atoms with E-state index in [0.717, 1.165) is 0 Å². The number of hydrogen-bond acceptors (Lipinski definition) is 6. The first-order valence-corrected chi connectivity index (χ1v) is 7.49. The fourth-order valence-electron chi connectivity index (χ4n) is 1.58. The highest BCUT2D eigenvalue weighted by atomic mass is 32.2. The summed E-state index contributed by atoms with van der Waals surface area (Å²) in [6, 6.07) is 2.70. The maximum absolute atomic E-state index is 12.2. The minimum absolute atomic E-state index is 0.0658. The van der Waals surface area contributed by atoms with Gasteiger partial charge in [-0.05, 0) is 19.4 Å². The number of nitrogens with two attached hydrogens (primary N) is 1. The summed E-state index contributed by atoms with van der Waals surface area (Å²) in [5.74, 6) is 0.477. The van der Waals surface area contributed by atoms with Crippen LogP contribution < -0.4 is 19.9 Å². The first-order chi connectivity index (χ1) is 9.31. The zero-order chi connectivity index (χ0) is 15.3. The SMILES string of the molecule is COc1cc(OC)c(S(=O)(=O)NCCC(C)O)cc1N. The first-order valence-electron chi connectivity index (χ1n) is 6.01. The molecule has 0 aliphatic carbocycles. The van der Waals surface area contributed by atoms with Gasteiger partial charge in [-0.3, -0.25) is 0 Å². The Balaban J connectivity index is 3.08. The van der Waals surface area contributed by atoms with Crippen molar-refractivity contribution in [2.75, 3.05) is 26.5 Å². The van der Waals surface area contributed by atoms with E-state index in [9.17, 15) is 8.42 Å². The van der Waals surface area contributed by atoms with E-state index >= 15 is 0 Å². The molecule has 1 aromatic carbocycles. The molecule has 114 valence electrons. The molecule has 0 aromatic heterocycles. The third kappa shape index (κ3) is 3.99. The summed E-state index contributed by atoms with van der Waals surface area (Å²) in [5, 5.41) is 9.14. The number of aliphatic hydroxyl groups excluding tert-OH is 1. The number of sulfonamides is 1. The highest BCUT2D eigenvalue weighted by molar-refractivity contribution is 7.89. The quantitative estimate of drug-likeness (QED) is 0.626. The van der Waals surface area contributed by atoms with Gasteiger partial charge in [-0.2, -0.15) is 0 Å². The number of nitrogen functional groups attached to an aromatic ring is 1. The summed E-state index contributed by atoms with van der Waals surface area (Å²) in [7, 11) is -0.976. The topological polar surface area (TPSA) is 111 Å². The van der Waals surface area contributed by atoms with E-state index in [1.165, 1.54) is 26.4 Å². The number of ether oxygens (including phenoxy) is 2. The molecule has 0 fully saturated rings. The Morgan fingerprint density at radius 2 is 1.90 bits per heavy atom. The van der Waals surface area contributed by atoms with Crippen molar-refractivity contribution in [3.05, 3.63) is 12.1 Å². The van der Waals surface area contributed by atoms with Crippen LogP contribution in [0.3, 0.4) is 0 Å². The molecule has 0 saturated heterocycles. The van der Waals surface area contributed by atoms with Crippen LogP contribution >= 0.6 is 0 Å². The van der Waals surface area contributed by atoms with Gasteiger partial charge >= 0.3 is 0 Å². The van der Waals surface area contributed by atoms with Crippen molar-refractivity contribution in [2.45, 2.75) is 24.3 Å². The number of hydrogen-bond donors (Lipinski definition) is 3. The molecular formula is C12H20N2O5S. The molecule has 0 amide bonds. The number of benzene rings is 1. The van der Waals surface area contributed by atoms with Crippen LogP contribution in [0.1, 0.15) is 13.3 Å². The molecule has 0 bridgehead atoms. The predicted octanol–water partition coefficient (Wildman–Crippen LogP) is 0.335. The van der Waals surface area contributed by atoms with E-state index in [1.54, 1.807) is 6.92 Å². The molecule has 0 heterocycles. The van der Waals surface area contributed by atoms with Crippen molar-refractivity contribution < 1.29 is 23.0 Å². The molecule has 0 aliphatic heterocycles. The average molecular weight is 304 g/mol. The zero-order valence-corrected chi connectivity index (χ0v) is 12.5. The van der Waals surface area contributed by atoms with Crippen LogP contribution in [0.4, 0.5) is 5.69 Å². The van der Waals surface area contributed by atoms with E-state index in [1.807, 2.05) is 0 Å². The fraction of sp³-hybridized carbons (Fsp3) is 0.500. The molecule has 0 radical (unpaired) electrons. The Morgan fingerprint density at radius 1 is 1.30 bits per heavy atom. The van der Waals surface area contributed by atoms with Crippen LogP contribution in [0.25, 0.3) is 0 Å². The Morgan fingerprint density at radius 3 is 2.40 bits per heavy atom. The monoisotopic (exact) mass is 304 g/mol. The van der Waals surface area contributed by atoms with Crippen molar-refractivity contribution >= 4 is 15.7 Å². The van der Waals surface area contributed by atoms with Crippen molar-refractivity contribution in [3.63, 3.8) is 0 Å². The van der Waals surface area contributed by atoms with Gasteiger partial charge in [-0.15, -0.1) is 0 Å². The summed E-state index contributed by atoms with van der Waals surface area (Å²) < 4.78 is 36.8. The van der Waals surface area contributed by atoms with Crippen molar-refractivity contribution in [1.82, 2.24) is 4.72 Å². The Labute approximate surface area is 118 Å². The maximum Gasteiger partial charge on any atom is 0.244 e. The smallest absolute Gasteiger partial charge is 0.244 e. The molecular weight excluding hydrogens is 284 g/mol. The number of aliphatic hydroxyl groups is 1. The first kappa shape index (κ1) is 16.5. The van der Waals surface area contributed by atoms with Crippen molar-refractivity contribution in [3.8, 4) is 11.5 Å². The molecule has 1 rings (SSSR count). The molecule has 1 unspecified atom stereocenters. The lowest BCUT2D eigenvalue weighted by molar-refractivity contribution is 0.186. The number of rotatable bonds is 7. The van der Waals surface area contributed by atoms with Crippen LogP contribution in [0.2, 0.25) is 0 Å². The summed E-state index contributed by atoms with van der Waals surface area (Å²) in [4.78, 5) is -0.0658. The highest BCUT2D eigenvalue weighted by Gasteiger charge is 2.21. The molecule has 20 heavy (non-hydrogen) atoms. The predicted molar refractivity (Wildman–Crippen MR) is 75.4 cm³/mol. The third-order valence-corrected chi connectivity index (χ3v) is 4.14. The van der Waals surface area contributed by atoms with E-state index in [4.69, 9.17) is 20.3 Å². The summed E-state index contributed by atoms with van der Waals surface area (Å²) in [6.07, 6.45) is -0.270. The molecule has 8 heteroatoms. The van der Waals surface area contributed by atoms with E-state index in [2.05, 4.69) is 4.72 Å². The van der Waals surface area contributed by atoms with Crippen LogP contribution in [0.15, 0.2) is 17.0 Å². The molecule has 0 aliphatic rings. The van der Waals surface area contributed by atoms with E-state index in [-0.39, 0.29) is 22.9 Å².